The quantitative estimate of drug-likeness (QED) is 0.776. The molecule has 24 heavy (non-hydrogen) atoms. The van der Waals surface area contributed by atoms with Gasteiger partial charge in [-0.2, -0.15) is 0 Å². The Labute approximate surface area is 141 Å². The zero-order chi connectivity index (χ0) is 17.1. The number of nitrogens with zero attached hydrogens (tertiary/aromatic N) is 2. The third-order valence-corrected chi connectivity index (χ3v) is 4.40. The van der Waals surface area contributed by atoms with Crippen LogP contribution in [-0.2, 0) is 16.1 Å². The number of aromatic nitrogens is 1. The average molecular weight is 348 g/mol. The van der Waals surface area contributed by atoms with Crippen molar-refractivity contribution in [3.63, 3.8) is 0 Å². The van der Waals surface area contributed by atoms with Gasteiger partial charge in [0.2, 0.25) is 5.91 Å². The van der Waals surface area contributed by atoms with Crippen molar-refractivity contribution in [2.24, 2.45) is 0 Å². The van der Waals surface area contributed by atoms with Crippen molar-refractivity contribution >= 4 is 34.3 Å². The van der Waals surface area contributed by atoms with Gasteiger partial charge in [-0.25, -0.2) is 9.78 Å². The maximum atomic E-state index is 12.3. The lowest BCUT2D eigenvalue weighted by atomic mass is 10.1. The number of amides is 4. The monoisotopic (exact) mass is 348 g/mol. The fraction of sp³-hybridized carbons (Fsp3) is 0.333. The van der Waals surface area contributed by atoms with Crippen LogP contribution in [0.15, 0.2) is 28.2 Å². The molecule has 2 aromatic rings. The summed E-state index contributed by atoms with van der Waals surface area (Å²) >= 11 is 1.34. The van der Waals surface area contributed by atoms with Crippen molar-refractivity contribution in [2.75, 3.05) is 5.32 Å². The molecule has 1 aliphatic heterocycles. The second-order valence-electron chi connectivity index (χ2n) is 5.39. The highest BCUT2D eigenvalue weighted by molar-refractivity contribution is 7.13. The van der Waals surface area contributed by atoms with Gasteiger partial charge in [0, 0.05) is 11.8 Å². The summed E-state index contributed by atoms with van der Waals surface area (Å²) in [5.74, 6) is -0.0683. The molecule has 4 amide bonds. The van der Waals surface area contributed by atoms with Crippen molar-refractivity contribution in [1.82, 2.24) is 15.2 Å². The first kappa shape index (κ1) is 16.2. The molecule has 126 valence electrons. The molecule has 3 rings (SSSR count). The first-order valence-electron chi connectivity index (χ1n) is 7.39. The van der Waals surface area contributed by atoms with Gasteiger partial charge in [0.1, 0.15) is 11.8 Å². The molecule has 2 aromatic heterocycles. The Bertz CT molecular complexity index is 755. The predicted molar refractivity (Wildman–Crippen MR) is 86.3 cm³/mol. The van der Waals surface area contributed by atoms with Crippen molar-refractivity contribution in [3.8, 4) is 0 Å². The van der Waals surface area contributed by atoms with E-state index in [9.17, 15) is 14.4 Å². The Morgan fingerprint density at radius 1 is 1.50 bits per heavy atom. The molecule has 0 aliphatic carbocycles. The summed E-state index contributed by atoms with van der Waals surface area (Å²) in [6.45, 7) is 1.92. The molecule has 0 saturated carbocycles. The van der Waals surface area contributed by atoms with Gasteiger partial charge in [-0.15, -0.1) is 11.3 Å². The van der Waals surface area contributed by atoms with Gasteiger partial charge in [0.05, 0.1) is 18.5 Å². The van der Waals surface area contributed by atoms with Crippen LogP contribution in [0.5, 0.6) is 0 Å². The number of anilines is 1. The number of nitrogens with one attached hydrogen (secondary N) is 2. The van der Waals surface area contributed by atoms with Gasteiger partial charge in [0.25, 0.3) is 5.91 Å². The third-order valence-electron chi connectivity index (χ3n) is 3.53. The number of rotatable bonds is 6. The summed E-state index contributed by atoms with van der Waals surface area (Å²) in [6.07, 6.45) is 1.83. The Balaban J connectivity index is 1.51. The van der Waals surface area contributed by atoms with Crippen LogP contribution in [0.1, 0.15) is 24.3 Å². The Hall–Kier alpha value is -2.68. The highest BCUT2D eigenvalue weighted by Gasteiger charge is 2.38. The number of hydrogen-bond donors (Lipinski definition) is 2. The minimum atomic E-state index is -0.698. The SMILES string of the molecule is Cc1csc(NC(=O)CC[C@@H]2NC(=O)N(Cc3ccco3)C2=O)n1. The predicted octanol–water partition coefficient (Wildman–Crippen LogP) is 1.88. The lowest BCUT2D eigenvalue weighted by molar-refractivity contribution is -0.128. The smallest absolute Gasteiger partial charge is 0.325 e. The second kappa shape index (κ2) is 6.83. The second-order valence-corrected chi connectivity index (χ2v) is 6.24. The first-order chi connectivity index (χ1) is 11.5. The van der Waals surface area contributed by atoms with Crippen LogP contribution in [0.2, 0.25) is 0 Å². The number of hydrogen-bond acceptors (Lipinski definition) is 6. The fourth-order valence-corrected chi connectivity index (χ4v) is 3.05. The number of imide groups is 1. The van der Waals surface area contributed by atoms with Crippen LogP contribution in [0, 0.1) is 6.92 Å². The lowest BCUT2D eigenvalue weighted by Gasteiger charge is -2.11. The number of carbonyl (C=O) groups is 3. The molecule has 3 heterocycles. The van der Waals surface area contributed by atoms with Gasteiger partial charge in [-0.05, 0) is 25.5 Å². The van der Waals surface area contributed by atoms with Crippen LogP contribution in [0.3, 0.4) is 0 Å². The molecule has 1 aliphatic rings. The Morgan fingerprint density at radius 3 is 3.00 bits per heavy atom. The molecular formula is C15H16N4O4S. The van der Waals surface area contributed by atoms with Crippen LogP contribution in [0.25, 0.3) is 0 Å². The third kappa shape index (κ3) is 3.62. The zero-order valence-corrected chi connectivity index (χ0v) is 13.8. The average Bonchev–Trinajstić information content (AvgIpc) is 3.24. The van der Waals surface area contributed by atoms with Gasteiger partial charge < -0.3 is 15.1 Å². The molecule has 9 heteroatoms. The summed E-state index contributed by atoms with van der Waals surface area (Å²) in [4.78, 5) is 41.3. The van der Waals surface area contributed by atoms with Crippen LogP contribution >= 0.6 is 11.3 Å². The number of urea groups is 1. The van der Waals surface area contributed by atoms with E-state index in [2.05, 4.69) is 15.6 Å². The van der Waals surface area contributed by atoms with Crippen LogP contribution < -0.4 is 10.6 Å². The van der Waals surface area contributed by atoms with E-state index < -0.39 is 12.1 Å². The van der Waals surface area contributed by atoms with Crippen LogP contribution in [0.4, 0.5) is 9.93 Å². The summed E-state index contributed by atoms with van der Waals surface area (Å²) in [6, 6.07) is 2.21. The molecule has 0 unspecified atom stereocenters. The summed E-state index contributed by atoms with van der Waals surface area (Å²) < 4.78 is 5.15. The largest absolute Gasteiger partial charge is 0.467 e. The summed E-state index contributed by atoms with van der Waals surface area (Å²) in [7, 11) is 0. The van der Waals surface area contributed by atoms with E-state index in [4.69, 9.17) is 4.42 Å². The van der Waals surface area contributed by atoms with Crippen LogP contribution in [-0.4, -0.2) is 33.8 Å². The lowest BCUT2D eigenvalue weighted by Crippen LogP contribution is -2.31. The minimum Gasteiger partial charge on any atom is -0.467 e. The van der Waals surface area contributed by atoms with E-state index in [1.165, 1.54) is 17.6 Å². The fourth-order valence-electron chi connectivity index (χ4n) is 2.35. The number of aryl methyl sites for hydroxylation is 1. The van der Waals surface area contributed by atoms with E-state index >= 15 is 0 Å². The maximum absolute atomic E-state index is 12.3. The van der Waals surface area contributed by atoms with Gasteiger partial charge >= 0.3 is 6.03 Å². The molecule has 1 fully saturated rings. The molecule has 0 radical (unpaired) electrons. The molecule has 0 bridgehead atoms. The van der Waals surface area contributed by atoms with E-state index in [1.54, 1.807) is 12.1 Å². The first-order valence-corrected chi connectivity index (χ1v) is 8.27. The molecule has 0 spiro atoms. The molecule has 1 saturated heterocycles. The van der Waals surface area contributed by atoms with Crippen molar-refractivity contribution < 1.29 is 18.8 Å². The van der Waals surface area contributed by atoms with Crippen molar-refractivity contribution in [1.29, 1.82) is 0 Å². The molecule has 0 aromatic carbocycles. The Kier molecular flexibility index (Phi) is 4.61. The minimum absolute atomic E-state index is 0.0821. The van der Waals surface area contributed by atoms with E-state index in [0.29, 0.717) is 10.9 Å². The van der Waals surface area contributed by atoms with Crippen molar-refractivity contribution in [2.45, 2.75) is 32.4 Å². The number of thiazole rings is 1. The zero-order valence-electron chi connectivity index (χ0n) is 12.9. The number of carbonyl (C=O) groups excluding carboxylic acids is 3. The normalized spacial score (nSPS) is 17.2. The summed E-state index contributed by atoms with van der Waals surface area (Å²) in [5.41, 5.74) is 0.835. The van der Waals surface area contributed by atoms with E-state index in [1.807, 2.05) is 12.3 Å². The van der Waals surface area contributed by atoms with E-state index in [-0.39, 0.29) is 31.2 Å². The number of furan rings is 1. The molecule has 8 nitrogen and oxygen atoms in total. The standard InChI is InChI=1S/C15H16N4O4S/c1-9-8-24-14(16-9)18-12(20)5-4-11-13(21)19(15(22)17-11)7-10-3-2-6-23-10/h2-3,6,8,11H,4-5,7H2,1H3,(H,17,22)(H,16,18,20)/t11-/m0/s1. The van der Waals surface area contributed by atoms with Gasteiger partial charge in [0.15, 0.2) is 5.13 Å². The Morgan fingerprint density at radius 2 is 2.33 bits per heavy atom. The highest BCUT2D eigenvalue weighted by atomic mass is 32.1. The highest BCUT2D eigenvalue weighted by Crippen LogP contribution is 2.17. The molecular weight excluding hydrogens is 332 g/mol. The maximum Gasteiger partial charge on any atom is 0.325 e. The van der Waals surface area contributed by atoms with E-state index in [0.717, 1.165) is 10.6 Å². The molecule has 1 atom stereocenters. The van der Waals surface area contributed by atoms with Crippen molar-refractivity contribution in [3.05, 3.63) is 35.2 Å². The molecule has 2 N–H and O–H groups in total. The summed E-state index contributed by atoms with van der Waals surface area (Å²) in [5, 5.41) is 7.63. The topological polar surface area (TPSA) is 105 Å². The van der Waals surface area contributed by atoms with Gasteiger partial charge in [-0.1, -0.05) is 0 Å². The van der Waals surface area contributed by atoms with Gasteiger partial charge in [-0.3, -0.25) is 14.5 Å².